The van der Waals surface area contributed by atoms with Crippen LogP contribution in [0.2, 0.25) is 0 Å². The number of aliphatic hydroxyl groups is 1. The summed E-state index contributed by atoms with van der Waals surface area (Å²) < 4.78 is 5.30. The van der Waals surface area contributed by atoms with Gasteiger partial charge in [0.05, 0.1) is 6.10 Å². The van der Waals surface area contributed by atoms with Crippen LogP contribution in [0.3, 0.4) is 0 Å². The lowest BCUT2D eigenvalue weighted by atomic mass is 9.88. The molecule has 0 aromatic rings. The first-order valence-corrected chi connectivity index (χ1v) is 5.29. The maximum absolute atomic E-state index is 8.80. The van der Waals surface area contributed by atoms with Gasteiger partial charge >= 0.3 is 0 Å². The molecule has 1 N–H and O–H groups in total. The zero-order valence-electron chi connectivity index (χ0n) is 9.42. The van der Waals surface area contributed by atoms with Crippen molar-refractivity contribution in [2.45, 2.75) is 46.1 Å². The normalized spacial score (nSPS) is 18.2. The van der Waals surface area contributed by atoms with Crippen LogP contribution in [-0.4, -0.2) is 24.9 Å². The van der Waals surface area contributed by atoms with Crippen LogP contribution in [0.5, 0.6) is 0 Å². The molecule has 13 heavy (non-hydrogen) atoms. The van der Waals surface area contributed by atoms with Crippen molar-refractivity contribution in [1.82, 2.24) is 0 Å². The van der Waals surface area contributed by atoms with E-state index >= 15 is 0 Å². The lowest BCUT2D eigenvalue weighted by Gasteiger charge is -2.23. The van der Waals surface area contributed by atoms with Crippen LogP contribution in [0.1, 0.15) is 40.0 Å². The summed E-state index contributed by atoms with van der Waals surface area (Å²) in [7, 11) is 1.73. The summed E-state index contributed by atoms with van der Waals surface area (Å²) in [5.74, 6) is 1.43. The number of hydrogen-bond donors (Lipinski definition) is 1. The van der Waals surface area contributed by atoms with E-state index in [2.05, 4.69) is 20.8 Å². The van der Waals surface area contributed by atoms with Gasteiger partial charge in [-0.15, -0.1) is 0 Å². The van der Waals surface area contributed by atoms with Crippen molar-refractivity contribution >= 4 is 0 Å². The summed E-state index contributed by atoms with van der Waals surface area (Å²) in [6, 6.07) is 0. The van der Waals surface area contributed by atoms with Gasteiger partial charge in [-0.1, -0.05) is 27.2 Å². The topological polar surface area (TPSA) is 29.5 Å². The first-order chi connectivity index (χ1) is 6.15. The molecule has 0 radical (unpaired) electrons. The quantitative estimate of drug-likeness (QED) is 0.665. The Morgan fingerprint density at radius 2 is 1.85 bits per heavy atom. The monoisotopic (exact) mass is 188 g/mol. The fraction of sp³-hybridized carbons (Fsp3) is 1.00. The zero-order valence-corrected chi connectivity index (χ0v) is 9.42. The van der Waals surface area contributed by atoms with E-state index in [4.69, 9.17) is 9.84 Å². The Balaban J connectivity index is 3.78. The number of hydrogen-bond acceptors (Lipinski definition) is 2. The lowest BCUT2D eigenvalue weighted by Crippen LogP contribution is -2.19. The van der Waals surface area contributed by atoms with Crippen LogP contribution in [-0.2, 0) is 4.74 Å². The first-order valence-electron chi connectivity index (χ1n) is 5.29. The molecule has 0 saturated carbocycles. The fourth-order valence-corrected chi connectivity index (χ4v) is 1.53. The van der Waals surface area contributed by atoms with Gasteiger partial charge in [-0.05, 0) is 24.7 Å². The summed E-state index contributed by atoms with van der Waals surface area (Å²) in [6.45, 7) is 6.98. The molecule has 0 aromatic heterocycles. The van der Waals surface area contributed by atoms with E-state index < -0.39 is 0 Å². The van der Waals surface area contributed by atoms with E-state index in [1.165, 1.54) is 6.42 Å². The van der Waals surface area contributed by atoms with Crippen LogP contribution in [0.4, 0.5) is 0 Å². The molecule has 3 unspecified atom stereocenters. The third-order valence-electron chi connectivity index (χ3n) is 3.03. The summed E-state index contributed by atoms with van der Waals surface area (Å²) in [5.41, 5.74) is 0. The van der Waals surface area contributed by atoms with E-state index in [0.717, 1.165) is 18.8 Å². The van der Waals surface area contributed by atoms with E-state index in [1.807, 2.05) is 0 Å². The molecule has 0 rings (SSSR count). The van der Waals surface area contributed by atoms with Gasteiger partial charge in [0.2, 0.25) is 0 Å². The van der Waals surface area contributed by atoms with Crippen molar-refractivity contribution in [2.24, 2.45) is 11.8 Å². The van der Waals surface area contributed by atoms with Crippen molar-refractivity contribution in [1.29, 1.82) is 0 Å². The molecule has 0 fully saturated rings. The second-order valence-corrected chi connectivity index (χ2v) is 3.97. The van der Waals surface area contributed by atoms with Crippen molar-refractivity contribution in [3.05, 3.63) is 0 Å². The van der Waals surface area contributed by atoms with Gasteiger partial charge in [-0.3, -0.25) is 0 Å². The van der Waals surface area contributed by atoms with Crippen LogP contribution in [0, 0.1) is 11.8 Å². The standard InChI is InChI=1S/C11H24O2/c1-5-9(2)10(3)8-11(13-4)6-7-12/h9-12H,5-8H2,1-4H3. The molecule has 3 atom stereocenters. The van der Waals surface area contributed by atoms with E-state index in [0.29, 0.717) is 5.92 Å². The predicted molar refractivity (Wildman–Crippen MR) is 55.7 cm³/mol. The van der Waals surface area contributed by atoms with Crippen molar-refractivity contribution < 1.29 is 9.84 Å². The van der Waals surface area contributed by atoms with Crippen LogP contribution in [0.15, 0.2) is 0 Å². The van der Waals surface area contributed by atoms with E-state index in [-0.39, 0.29) is 12.7 Å². The minimum atomic E-state index is 0.228. The molecule has 80 valence electrons. The molecule has 0 bridgehead atoms. The molecule has 0 saturated heterocycles. The number of ether oxygens (including phenoxy) is 1. The smallest absolute Gasteiger partial charge is 0.0595 e. The predicted octanol–water partition coefficient (Wildman–Crippen LogP) is 2.46. The Hall–Kier alpha value is -0.0800. The minimum Gasteiger partial charge on any atom is -0.396 e. The average Bonchev–Trinajstić information content (AvgIpc) is 2.15. The molecule has 0 aromatic carbocycles. The van der Waals surface area contributed by atoms with Gasteiger partial charge in [-0.25, -0.2) is 0 Å². The Kier molecular flexibility index (Phi) is 7.29. The van der Waals surface area contributed by atoms with Gasteiger partial charge in [-0.2, -0.15) is 0 Å². The molecule has 0 aliphatic rings. The van der Waals surface area contributed by atoms with Crippen LogP contribution < -0.4 is 0 Å². The molecule has 0 heterocycles. The summed E-state index contributed by atoms with van der Waals surface area (Å²) in [4.78, 5) is 0. The number of aliphatic hydroxyl groups excluding tert-OH is 1. The minimum absolute atomic E-state index is 0.228. The Morgan fingerprint density at radius 1 is 1.23 bits per heavy atom. The molecule has 2 heteroatoms. The van der Waals surface area contributed by atoms with Gasteiger partial charge in [0.15, 0.2) is 0 Å². The third kappa shape index (κ3) is 5.27. The fourth-order valence-electron chi connectivity index (χ4n) is 1.53. The summed E-state index contributed by atoms with van der Waals surface area (Å²) in [6.07, 6.45) is 3.27. The molecular weight excluding hydrogens is 164 g/mol. The SMILES string of the molecule is CCC(C)C(C)CC(CCO)OC. The van der Waals surface area contributed by atoms with Crippen molar-refractivity contribution in [2.75, 3.05) is 13.7 Å². The second-order valence-electron chi connectivity index (χ2n) is 3.97. The van der Waals surface area contributed by atoms with Gasteiger partial charge in [0.25, 0.3) is 0 Å². The highest BCUT2D eigenvalue weighted by Gasteiger charge is 2.16. The van der Waals surface area contributed by atoms with Crippen molar-refractivity contribution in [3.63, 3.8) is 0 Å². The molecule has 0 spiro atoms. The Labute approximate surface area is 82.3 Å². The van der Waals surface area contributed by atoms with Gasteiger partial charge < -0.3 is 9.84 Å². The largest absolute Gasteiger partial charge is 0.396 e. The summed E-state index contributed by atoms with van der Waals surface area (Å²) >= 11 is 0. The molecular formula is C11H24O2. The first kappa shape index (κ1) is 12.9. The number of methoxy groups -OCH3 is 1. The average molecular weight is 188 g/mol. The maximum Gasteiger partial charge on any atom is 0.0595 e. The highest BCUT2D eigenvalue weighted by molar-refractivity contribution is 4.66. The van der Waals surface area contributed by atoms with Crippen LogP contribution in [0.25, 0.3) is 0 Å². The zero-order chi connectivity index (χ0) is 10.3. The highest BCUT2D eigenvalue weighted by atomic mass is 16.5. The third-order valence-corrected chi connectivity index (χ3v) is 3.03. The van der Waals surface area contributed by atoms with E-state index in [1.54, 1.807) is 7.11 Å². The summed E-state index contributed by atoms with van der Waals surface area (Å²) in [5, 5.41) is 8.80. The highest BCUT2D eigenvalue weighted by Crippen LogP contribution is 2.21. The molecule has 0 aliphatic heterocycles. The molecule has 2 nitrogen and oxygen atoms in total. The van der Waals surface area contributed by atoms with Gasteiger partial charge in [0.1, 0.15) is 0 Å². The Morgan fingerprint density at radius 3 is 2.23 bits per heavy atom. The second kappa shape index (κ2) is 7.34. The number of rotatable bonds is 7. The lowest BCUT2D eigenvalue weighted by molar-refractivity contribution is 0.0531. The van der Waals surface area contributed by atoms with E-state index in [9.17, 15) is 0 Å². The maximum atomic E-state index is 8.80. The van der Waals surface area contributed by atoms with Crippen LogP contribution >= 0.6 is 0 Å². The van der Waals surface area contributed by atoms with Gasteiger partial charge in [0, 0.05) is 13.7 Å². The van der Waals surface area contributed by atoms with Crippen molar-refractivity contribution in [3.8, 4) is 0 Å². The molecule has 0 amide bonds. The Bertz CT molecular complexity index is 115. The molecule has 0 aliphatic carbocycles.